The predicted octanol–water partition coefficient (Wildman–Crippen LogP) is -1.44. The van der Waals surface area contributed by atoms with Gasteiger partial charge in [0, 0.05) is 13.0 Å². The van der Waals surface area contributed by atoms with E-state index in [2.05, 4.69) is 15.2 Å². The summed E-state index contributed by atoms with van der Waals surface area (Å²) in [7, 11) is 0.0397. The van der Waals surface area contributed by atoms with Gasteiger partial charge >= 0.3 is 0 Å². The van der Waals surface area contributed by atoms with Crippen LogP contribution in [-0.4, -0.2) is 49.1 Å². The SMILES string of the molecule is CN(C)CCc1nc(S(N)(=O)=O)n[nH]1. The Hall–Kier alpha value is -0.990. The van der Waals surface area contributed by atoms with Crippen LogP contribution in [0.5, 0.6) is 0 Å². The minimum Gasteiger partial charge on any atom is -0.309 e. The molecule has 80 valence electrons. The summed E-state index contributed by atoms with van der Waals surface area (Å²) in [4.78, 5) is 5.70. The van der Waals surface area contributed by atoms with E-state index in [4.69, 9.17) is 5.14 Å². The van der Waals surface area contributed by atoms with Gasteiger partial charge in [0.05, 0.1) is 0 Å². The molecule has 0 aliphatic carbocycles. The Balaban J connectivity index is 2.70. The van der Waals surface area contributed by atoms with Gasteiger partial charge in [-0.25, -0.2) is 18.5 Å². The van der Waals surface area contributed by atoms with Crippen molar-refractivity contribution in [1.82, 2.24) is 20.1 Å². The maximum atomic E-state index is 10.8. The monoisotopic (exact) mass is 219 g/mol. The molecule has 0 aliphatic rings. The zero-order valence-electron chi connectivity index (χ0n) is 8.06. The molecule has 3 N–H and O–H groups in total. The first-order chi connectivity index (χ1) is 6.39. The van der Waals surface area contributed by atoms with Gasteiger partial charge in [-0.1, -0.05) is 0 Å². The molecule has 0 aromatic carbocycles. The highest BCUT2D eigenvalue weighted by Crippen LogP contribution is 1.99. The molecule has 0 saturated carbocycles. The van der Waals surface area contributed by atoms with Crippen molar-refractivity contribution >= 4 is 10.0 Å². The summed E-state index contributed by atoms with van der Waals surface area (Å²) in [6, 6.07) is 0. The molecule has 0 saturated heterocycles. The van der Waals surface area contributed by atoms with E-state index in [0.717, 1.165) is 6.54 Å². The lowest BCUT2D eigenvalue weighted by molar-refractivity contribution is 0.409. The average molecular weight is 219 g/mol. The lowest BCUT2D eigenvalue weighted by atomic mass is 10.4. The third kappa shape index (κ3) is 3.05. The highest BCUT2D eigenvalue weighted by molar-refractivity contribution is 7.89. The molecule has 1 aromatic rings. The number of aromatic nitrogens is 3. The van der Waals surface area contributed by atoms with Crippen molar-refractivity contribution in [3.63, 3.8) is 0 Å². The van der Waals surface area contributed by atoms with Crippen LogP contribution < -0.4 is 5.14 Å². The second kappa shape index (κ2) is 4.03. The quantitative estimate of drug-likeness (QED) is 0.645. The van der Waals surface area contributed by atoms with Crippen LogP contribution >= 0.6 is 0 Å². The molecule has 0 atom stereocenters. The normalized spacial score (nSPS) is 12.3. The van der Waals surface area contributed by atoms with E-state index in [1.54, 1.807) is 0 Å². The van der Waals surface area contributed by atoms with E-state index in [1.807, 2.05) is 19.0 Å². The van der Waals surface area contributed by atoms with Crippen molar-refractivity contribution in [2.75, 3.05) is 20.6 Å². The number of nitrogens with zero attached hydrogens (tertiary/aromatic N) is 3. The summed E-state index contributed by atoms with van der Waals surface area (Å²) in [5, 5.41) is 10.5. The van der Waals surface area contributed by atoms with E-state index in [0.29, 0.717) is 12.2 Å². The molecule has 0 amide bonds. The number of rotatable bonds is 4. The van der Waals surface area contributed by atoms with Gasteiger partial charge in [-0.2, -0.15) is 0 Å². The number of primary sulfonamides is 1. The predicted molar refractivity (Wildman–Crippen MR) is 50.0 cm³/mol. The summed E-state index contributed by atoms with van der Waals surface area (Å²) in [5.41, 5.74) is 0. The number of nitrogens with two attached hydrogens (primary N) is 1. The number of hydrogen-bond donors (Lipinski definition) is 2. The standard InChI is InChI=1S/C6H13N5O2S/c1-11(2)4-3-5-8-6(10-9-5)14(7,12)13/h3-4H2,1-2H3,(H2,7,12,13)(H,8,9,10). The number of H-pyrrole nitrogens is 1. The van der Waals surface area contributed by atoms with Gasteiger partial charge in [0.2, 0.25) is 0 Å². The molecule has 0 aliphatic heterocycles. The molecule has 0 bridgehead atoms. The summed E-state index contributed by atoms with van der Waals surface area (Å²) in [6.45, 7) is 0.763. The fourth-order valence-electron chi connectivity index (χ4n) is 0.846. The van der Waals surface area contributed by atoms with Gasteiger partial charge in [0.25, 0.3) is 15.2 Å². The van der Waals surface area contributed by atoms with Gasteiger partial charge in [-0.15, -0.1) is 5.10 Å². The van der Waals surface area contributed by atoms with Crippen molar-refractivity contribution < 1.29 is 8.42 Å². The van der Waals surface area contributed by atoms with Crippen molar-refractivity contribution in [2.45, 2.75) is 11.6 Å². The van der Waals surface area contributed by atoms with Gasteiger partial charge in [0.15, 0.2) is 0 Å². The van der Waals surface area contributed by atoms with Crippen LogP contribution in [0.3, 0.4) is 0 Å². The maximum Gasteiger partial charge on any atom is 0.282 e. The van der Waals surface area contributed by atoms with E-state index >= 15 is 0 Å². The van der Waals surface area contributed by atoms with Gasteiger partial charge in [-0.3, -0.25) is 5.10 Å². The Morgan fingerprint density at radius 1 is 1.50 bits per heavy atom. The van der Waals surface area contributed by atoms with Crippen molar-refractivity contribution in [2.24, 2.45) is 5.14 Å². The largest absolute Gasteiger partial charge is 0.309 e. The summed E-state index contributed by atoms with van der Waals surface area (Å²) < 4.78 is 21.6. The number of nitrogens with one attached hydrogen (secondary N) is 1. The first kappa shape index (κ1) is 11.1. The fourth-order valence-corrected chi connectivity index (χ4v) is 1.26. The highest BCUT2D eigenvalue weighted by atomic mass is 32.2. The first-order valence-corrected chi connectivity index (χ1v) is 5.53. The third-order valence-corrected chi connectivity index (χ3v) is 2.25. The third-order valence-electron chi connectivity index (χ3n) is 1.56. The Morgan fingerprint density at radius 2 is 2.14 bits per heavy atom. The van der Waals surface area contributed by atoms with Crippen LogP contribution in [0.25, 0.3) is 0 Å². The van der Waals surface area contributed by atoms with Crippen LogP contribution in [0, 0.1) is 0 Å². The molecular formula is C6H13N5O2S. The smallest absolute Gasteiger partial charge is 0.282 e. The Morgan fingerprint density at radius 3 is 2.57 bits per heavy atom. The van der Waals surface area contributed by atoms with Crippen LogP contribution in [-0.2, 0) is 16.4 Å². The van der Waals surface area contributed by atoms with Gasteiger partial charge in [-0.05, 0) is 14.1 Å². The summed E-state index contributed by atoms with van der Waals surface area (Å²) in [6.07, 6.45) is 0.607. The minimum atomic E-state index is -3.79. The molecule has 8 heteroatoms. The Labute approximate surface area is 82.4 Å². The maximum absolute atomic E-state index is 10.8. The lowest BCUT2D eigenvalue weighted by Gasteiger charge is -2.05. The second-order valence-electron chi connectivity index (χ2n) is 3.16. The van der Waals surface area contributed by atoms with Crippen molar-refractivity contribution in [1.29, 1.82) is 0 Å². The van der Waals surface area contributed by atoms with E-state index in [9.17, 15) is 8.42 Å². The topological polar surface area (TPSA) is 105 Å². The van der Waals surface area contributed by atoms with Crippen LogP contribution in [0.15, 0.2) is 5.16 Å². The molecule has 0 spiro atoms. The molecule has 7 nitrogen and oxygen atoms in total. The second-order valence-corrected chi connectivity index (χ2v) is 4.62. The number of sulfonamides is 1. The molecule has 1 rings (SSSR count). The lowest BCUT2D eigenvalue weighted by Crippen LogP contribution is -2.16. The van der Waals surface area contributed by atoms with E-state index in [-0.39, 0.29) is 5.16 Å². The van der Waals surface area contributed by atoms with Crippen LogP contribution in [0.2, 0.25) is 0 Å². The summed E-state index contributed by atoms with van der Waals surface area (Å²) >= 11 is 0. The fraction of sp³-hybridized carbons (Fsp3) is 0.667. The van der Waals surface area contributed by atoms with Crippen molar-refractivity contribution in [3.8, 4) is 0 Å². The van der Waals surface area contributed by atoms with Gasteiger partial charge < -0.3 is 4.90 Å². The first-order valence-electron chi connectivity index (χ1n) is 3.98. The molecule has 0 unspecified atom stereocenters. The zero-order chi connectivity index (χ0) is 10.8. The highest BCUT2D eigenvalue weighted by Gasteiger charge is 2.14. The molecule has 0 fully saturated rings. The number of likely N-dealkylation sites (N-methyl/N-ethyl adjacent to an activating group) is 1. The Bertz CT molecular complexity index is 396. The summed E-state index contributed by atoms with van der Waals surface area (Å²) in [5.74, 6) is 0.516. The number of hydrogen-bond acceptors (Lipinski definition) is 5. The van der Waals surface area contributed by atoms with Crippen LogP contribution in [0.4, 0.5) is 0 Å². The van der Waals surface area contributed by atoms with E-state index in [1.165, 1.54) is 0 Å². The molecule has 1 heterocycles. The Kier molecular flexibility index (Phi) is 3.19. The molecular weight excluding hydrogens is 206 g/mol. The van der Waals surface area contributed by atoms with E-state index < -0.39 is 10.0 Å². The minimum absolute atomic E-state index is 0.355. The average Bonchev–Trinajstić information content (AvgIpc) is 2.47. The molecule has 0 radical (unpaired) electrons. The van der Waals surface area contributed by atoms with Crippen LogP contribution in [0.1, 0.15) is 5.82 Å². The van der Waals surface area contributed by atoms with Gasteiger partial charge in [0.1, 0.15) is 5.82 Å². The van der Waals surface area contributed by atoms with Crippen molar-refractivity contribution in [3.05, 3.63) is 5.82 Å². The molecule has 14 heavy (non-hydrogen) atoms. The number of aromatic amines is 1. The molecule has 1 aromatic heterocycles. The zero-order valence-corrected chi connectivity index (χ0v) is 8.87.